The summed E-state index contributed by atoms with van der Waals surface area (Å²) < 4.78 is 18.5. The molecule has 2 unspecified atom stereocenters. The van der Waals surface area contributed by atoms with Gasteiger partial charge in [-0.05, 0) is 94.9 Å². The monoisotopic (exact) mass is 600 g/mol. The molecule has 0 saturated heterocycles. The van der Waals surface area contributed by atoms with E-state index >= 15 is 0 Å². The molecule has 0 spiro atoms. The van der Waals surface area contributed by atoms with Crippen molar-refractivity contribution >= 4 is 18.2 Å². The molecular weight excluding hydrogens is 551 g/mol. The highest BCUT2D eigenvalue weighted by molar-refractivity contribution is 5.82. The molecule has 2 aromatic rings. The summed E-state index contributed by atoms with van der Waals surface area (Å²) in [6.07, 6.45) is 6.88. The van der Waals surface area contributed by atoms with Gasteiger partial charge in [0.25, 0.3) is 0 Å². The zero-order chi connectivity index (χ0) is 31.8. The average Bonchev–Trinajstić information content (AvgIpc) is 3.81. The van der Waals surface area contributed by atoms with E-state index in [1.807, 2.05) is 6.92 Å². The van der Waals surface area contributed by atoms with Gasteiger partial charge < -0.3 is 31.5 Å². The molecule has 1 heterocycles. The Hall–Kier alpha value is -3.50. The Labute approximate surface area is 255 Å². The third kappa shape index (κ3) is 14.0. The largest absolute Gasteiger partial charge is 0.489 e. The first-order valence-electron chi connectivity index (χ1n) is 15.1. The molecule has 238 valence electrons. The number of nitrogens with two attached hydrogens (primary N) is 1. The number of primary amides is 1. The van der Waals surface area contributed by atoms with Gasteiger partial charge in [0.2, 0.25) is 18.2 Å². The van der Waals surface area contributed by atoms with Crippen molar-refractivity contribution < 1.29 is 28.6 Å². The van der Waals surface area contributed by atoms with Crippen LogP contribution in [0, 0.1) is 18.7 Å². The van der Waals surface area contributed by atoms with Crippen molar-refractivity contribution in [1.29, 1.82) is 0 Å². The second-order valence-corrected chi connectivity index (χ2v) is 11.7. The van der Waals surface area contributed by atoms with Gasteiger partial charge in [0.1, 0.15) is 17.7 Å². The van der Waals surface area contributed by atoms with E-state index in [9.17, 15) is 19.1 Å². The number of benzene rings is 2. The molecule has 9 nitrogen and oxygen atoms in total. The first-order chi connectivity index (χ1) is 20.5. The normalized spacial score (nSPS) is 16.1. The van der Waals surface area contributed by atoms with Crippen molar-refractivity contribution in [3.05, 3.63) is 65.0 Å². The molecule has 2 aromatic carbocycles. The molecule has 1 aliphatic carbocycles. The molecule has 0 aromatic heterocycles. The molecule has 1 fully saturated rings. The molecule has 6 N–H and O–H groups in total. The van der Waals surface area contributed by atoms with Crippen LogP contribution in [0.1, 0.15) is 69.1 Å². The van der Waals surface area contributed by atoms with Gasteiger partial charge in [0.05, 0.1) is 11.6 Å². The van der Waals surface area contributed by atoms with Crippen LogP contribution in [0.3, 0.4) is 0 Å². The van der Waals surface area contributed by atoms with E-state index in [4.69, 9.17) is 9.53 Å². The summed E-state index contributed by atoms with van der Waals surface area (Å²) in [6, 6.07) is 12.6. The lowest BCUT2D eigenvalue weighted by Gasteiger charge is -2.29. The third-order valence-corrected chi connectivity index (χ3v) is 7.31. The van der Waals surface area contributed by atoms with Crippen molar-refractivity contribution in [2.24, 2.45) is 11.7 Å². The fourth-order valence-electron chi connectivity index (χ4n) is 4.73. The Balaban J connectivity index is 0.000000494. The fourth-order valence-corrected chi connectivity index (χ4v) is 4.73. The predicted octanol–water partition coefficient (Wildman–Crippen LogP) is 3.33. The molecule has 2 aliphatic rings. The number of halogens is 1. The number of hydrogen-bond donors (Lipinski definition) is 5. The summed E-state index contributed by atoms with van der Waals surface area (Å²) >= 11 is 0. The van der Waals surface area contributed by atoms with Crippen LogP contribution in [0.2, 0.25) is 0 Å². The van der Waals surface area contributed by atoms with Gasteiger partial charge in [-0.2, -0.15) is 0 Å². The second kappa shape index (κ2) is 18.2. The van der Waals surface area contributed by atoms with Gasteiger partial charge in [-0.3, -0.25) is 14.4 Å². The van der Waals surface area contributed by atoms with Gasteiger partial charge >= 0.3 is 0 Å². The molecule has 0 radical (unpaired) electrons. The van der Waals surface area contributed by atoms with Crippen molar-refractivity contribution in [1.82, 2.24) is 16.0 Å². The summed E-state index contributed by atoms with van der Waals surface area (Å²) in [5, 5.41) is 18.9. The third-order valence-electron chi connectivity index (χ3n) is 7.31. The van der Waals surface area contributed by atoms with Gasteiger partial charge in [-0.15, -0.1) is 0 Å². The Kier molecular flexibility index (Phi) is 15.1. The van der Waals surface area contributed by atoms with Crippen LogP contribution in [-0.4, -0.2) is 61.2 Å². The molecule has 1 aliphatic heterocycles. The van der Waals surface area contributed by atoms with Crippen molar-refractivity contribution in [2.45, 2.75) is 89.9 Å². The van der Waals surface area contributed by atoms with E-state index in [0.717, 1.165) is 49.8 Å². The predicted molar refractivity (Wildman–Crippen MR) is 166 cm³/mol. The minimum absolute atomic E-state index is 0.0223. The maximum Gasteiger partial charge on any atom is 0.237 e. The maximum absolute atomic E-state index is 12.1. The summed E-state index contributed by atoms with van der Waals surface area (Å²) in [4.78, 5) is 32.7. The molecule has 1 saturated carbocycles. The Bertz CT molecular complexity index is 1130. The van der Waals surface area contributed by atoms with Gasteiger partial charge in [-0.1, -0.05) is 35.9 Å². The molecular formula is C33H49FN4O5. The van der Waals surface area contributed by atoms with Crippen LogP contribution in [0.25, 0.3) is 0 Å². The van der Waals surface area contributed by atoms with Crippen LogP contribution in [0.4, 0.5) is 4.39 Å². The lowest BCUT2D eigenvalue weighted by molar-refractivity contribution is -0.123. The van der Waals surface area contributed by atoms with Crippen LogP contribution >= 0.6 is 0 Å². The Morgan fingerprint density at radius 3 is 2.42 bits per heavy atom. The number of rotatable bonds is 12. The number of aliphatic hydroxyl groups is 1. The number of nitrogens with one attached hydrogen (secondary N) is 3. The van der Waals surface area contributed by atoms with Crippen LogP contribution < -0.4 is 26.4 Å². The summed E-state index contributed by atoms with van der Waals surface area (Å²) in [5.41, 5.74) is 6.84. The number of fused-ring (bicyclic) bond motifs is 1. The Morgan fingerprint density at radius 1 is 1.16 bits per heavy atom. The smallest absolute Gasteiger partial charge is 0.237 e. The number of carbonyl (C=O) groups excluding carboxylic acids is 3. The maximum atomic E-state index is 12.1. The van der Waals surface area contributed by atoms with E-state index in [2.05, 4.69) is 39.9 Å². The van der Waals surface area contributed by atoms with Gasteiger partial charge in [-0.25, -0.2) is 4.39 Å². The van der Waals surface area contributed by atoms with E-state index in [0.29, 0.717) is 31.8 Å². The number of aryl methyl sites for hydroxylation is 3. The lowest BCUT2D eigenvalue weighted by Crippen LogP contribution is -2.48. The highest BCUT2D eigenvalue weighted by Gasteiger charge is 2.36. The van der Waals surface area contributed by atoms with Crippen LogP contribution in [0.5, 0.6) is 5.75 Å². The van der Waals surface area contributed by atoms with E-state index in [1.54, 1.807) is 33.0 Å². The van der Waals surface area contributed by atoms with Gasteiger partial charge in [0.15, 0.2) is 0 Å². The molecule has 43 heavy (non-hydrogen) atoms. The topological polar surface area (TPSA) is 143 Å². The summed E-state index contributed by atoms with van der Waals surface area (Å²) in [7, 11) is 1.69. The molecule has 2 atom stereocenters. The van der Waals surface area contributed by atoms with Crippen molar-refractivity contribution in [2.75, 3.05) is 20.1 Å². The lowest BCUT2D eigenvalue weighted by atomic mass is 9.97. The minimum atomic E-state index is -0.817. The van der Waals surface area contributed by atoms with Gasteiger partial charge in [0, 0.05) is 26.6 Å². The first kappa shape index (κ1) is 35.7. The quantitative estimate of drug-likeness (QED) is 0.187. The molecule has 4 rings (SSSR count). The zero-order valence-corrected chi connectivity index (χ0v) is 26.0. The minimum Gasteiger partial charge on any atom is -0.489 e. The molecule has 3 amide bonds. The van der Waals surface area contributed by atoms with E-state index in [-0.39, 0.29) is 36.2 Å². The van der Waals surface area contributed by atoms with E-state index < -0.39 is 5.60 Å². The SMILES string of the molecule is CNC(=O)C(NCC1CCc2cccc(CCCNC(=O)CCC(C)(C)O)c2O1)C1CC1.Cc1ccc(F)cc1.NC=O. The average molecular weight is 601 g/mol. The number of para-hydroxylation sites is 1. The summed E-state index contributed by atoms with van der Waals surface area (Å²) in [5.74, 6) is 1.29. The number of hydrogen-bond acceptors (Lipinski definition) is 6. The summed E-state index contributed by atoms with van der Waals surface area (Å²) in [6.45, 7) is 6.63. The van der Waals surface area contributed by atoms with Crippen LogP contribution in [0.15, 0.2) is 42.5 Å². The second-order valence-electron chi connectivity index (χ2n) is 11.7. The van der Waals surface area contributed by atoms with E-state index in [1.165, 1.54) is 23.3 Å². The zero-order valence-electron chi connectivity index (χ0n) is 26.0. The first-order valence-corrected chi connectivity index (χ1v) is 15.1. The van der Waals surface area contributed by atoms with Crippen molar-refractivity contribution in [3.8, 4) is 5.75 Å². The van der Waals surface area contributed by atoms with Crippen molar-refractivity contribution in [3.63, 3.8) is 0 Å². The highest BCUT2D eigenvalue weighted by atomic mass is 19.1. The fraction of sp³-hybridized carbons (Fsp3) is 0.545. The van der Waals surface area contributed by atoms with Crippen LogP contribution in [-0.2, 0) is 27.2 Å². The molecule has 0 bridgehead atoms. The number of amides is 3. The highest BCUT2D eigenvalue weighted by Crippen LogP contribution is 2.34. The molecule has 10 heteroatoms. The number of ether oxygens (including phenoxy) is 1. The number of likely N-dealkylation sites (N-methyl/N-ethyl adjacent to an activating group) is 1. The Morgan fingerprint density at radius 2 is 1.84 bits per heavy atom. The number of carbonyl (C=O) groups is 3. The standard InChI is InChI=1S/C25H39N3O4.C7H7F.CH3NO/c1-25(2,31)14-13-21(29)27-15-5-8-18-6-4-7-19-11-12-20(32-23(18)19)16-28-22(17-9-10-17)24(30)26-3;1-6-2-4-7(8)5-3-6;2-1-3/h4,6-7,17,20,22,28,31H,5,8-16H2,1-3H3,(H,26,30)(H,27,29);2-5H,1H3;1H,(H2,2,3).